The number of para-hydroxylation sites is 1. The number of benzene rings is 1. The first kappa shape index (κ1) is 11.8. The van der Waals surface area contributed by atoms with Gasteiger partial charge in [-0.3, -0.25) is 4.79 Å². The van der Waals surface area contributed by atoms with E-state index in [1.807, 2.05) is 0 Å². The number of hydrogen-bond acceptors (Lipinski definition) is 3. The average molecular weight is 243 g/mol. The molecule has 2 rings (SSSR count). The zero-order chi connectivity index (χ0) is 12.4. The van der Waals surface area contributed by atoms with E-state index in [-0.39, 0.29) is 13.0 Å². The van der Waals surface area contributed by atoms with Gasteiger partial charge in [-0.25, -0.2) is 8.78 Å². The molecule has 4 nitrogen and oxygen atoms in total. The molecule has 1 aromatic carbocycles. The SMILES string of the molecule is O=C(O)[C@@H]1C[C@H](Oc2c(F)cccc2F)CN1. The maximum atomic E-state index is 13.3. The van der Waals surface area contributed by atoms with Gasteiger partial charge < -0.3 is 15.2 Å². The summed E-state index contributed by atoms with van der Waals surface area (Å²) in [5.41, 5.74) is 0. The third kappa shape index (κ3) is 2.52. The largest absolute Gasteiger partial charge is 0.483 e. The summed E-state index contributed by atoms with van der Waals surface area (Å²) in [6.45, 7) is 0.255. The van der Waals surface area contributed by atoms with E-state index in [9.17, 15) is 13.6 Å². The number of nitrogens with one attached hydrogen (secondary N) is 1. The number of rotatable bonds is 3. The third-order valence-corrected chi connectivity index (χ3v) is 2.59. The van der Waals surface area contributed by atoms with Crippen LogP contribution in [0.25, 0.3) is 0 Å². The molecule has 0 aliphatic carbocycles. The number of aliphatic carboxylic acids is 1. The van der Waals surface area contributed by atoms with Gasteiger partial charge in [-0.1, -0.05) is 6.07 Å². The molecule has 0 spiro atoms. The highest BCUT2D eigenvalue weighted by atomic mass is 19.1. The predicted molar refractivity (Wildman–Crippen MR) is 54.8 cm³/mol. The minimum Gasteiger partial charge on any atom is -0.483 e. The van der Waals surface area contributed by atoms with E-state index in [0.717, 1.165) is 12.1 Å². The lowest BCUT2D eigenvalue weighted by Gasteiger charge is -2.13. The van der Waals surface area contributed by atoms with Gasteiger partial charge in [-0.05, 0) is 12.1 Å². The third-order valence-electron chi connectivity index (χ3n) is 2.59. The fourth-order valence-corrected chi connectivity index (χ4v) is 1.74. The van der Waals surface area contributed by atoms with Gasteiger partial charge in [0.05, 0.1) is 0 Å². The van der Waals surface area contributed by atoms with E-state index in [4.69, 9.17) is 9.84 Å². The van der Waals surface area contributed by atoms with E-state index in [2.05, 4.69) is 5.32 Å². The maximum absolute atomic E-state index is 13.3. The van der Waals surface area contributed by atoms with Gasteiger partial charge in [0, 0.05) is 13.0 Å². The minimum absolute atomic E-state index is 0.184. The van der Waals surface area contributed by atoms with Crippen molar-refractivity contribution in [2.75, 3.05) is 6.54 Å². The second-order valence-corrected chi connectivity index (χ2v) is 3.83. The van der Waals surface area contributed by atoms with Crippen molar-refractivity contribution in [2.24, 2.45) is 0 Å². The van der Waals surface area contributed by atoms with E-state index in [1.54, 1.807) is 0 Å². The number of carboxylic acids is 1. The summed E-state index contributed by atoms with van der Waals surface area (Å²) in [6.07, 6.45) is -0.356. The van der Waals surface area contributed by atoms with Gasteiger partial charge in [0.15, 0.2) is 17.4 Å². The van der Waals surface area contributed by atoms with Crippen LogP contribution in [0, 0.1) is 11.6 Å². The first-order valence-electron chi connectivity index (χ1n) is 5.15. The summed E-state index contributed by atoms with van der Waals surface area (Å²) in [5.74, 6) is -3.03. The van der Waals surface area contributed by atoms with Crippen LogP contribution in [0.15, 0.2) is 18.2 Å². The molecule has 2 N–H and O–H groups in total. The smallest absolute Gasteiger partial charge is 0.320 e. The number of carboxylic acid groups (broad SMARTS) is 1. The zero-order valence-electron chi connectivity index (χ0n) is 8.82. The minimum atomic E-state index is -0.995. The average Bonchev–Trinajstić information content (AvgIpc) is 2.72. The number of carbonyl (C=O) groups is 1. The number of halogens is 2. The van der Waals surface area contributed by atoms with Gasteiger partial charge in [-0.2, -0.15) is 0 Å². The Labute approximate surface area is 96.2 Å². The lowest BCUT2D eigenvalue weighted by Crippen LogP contribution is -2.30. The van der Waals surface area contributed by atoms with Crippen molar-refractivity contribution in [3.63, 3.8) is 0 Å². The van der Waals surface area contributed by atoms with Gasteiger partial charge in [0.25, 0.3) is 0 Å². The Kier molecular flexibility index (Phi) is 3.23. The molecule has 92 valence electrons. The molecule has 1 fully saturated rings. The normalized spacial score (nSPS) is 23.6. The first-order valence-corrected chi connectivity index (χ1v) is 5.15. The van der Waals surface area contributed by atoms with Crippen LogP contribution in [-0.4, -0.2) is 29.8 Å². The number of hydrogen-bond donors (Lipinski definition) is 2. The van der Waals surface area contributed by atoms with Crippen LogP contribution in [0.4, 0.5) is 8.78 Å². The highest BCUT2D eigenvalue weighted by Gasteiger charge is 2.31. The summed E-state index contributed by atoms with van der Waals surface area (Å²) < 4.78 is 31.7. The Balaban J connectivity index is 2.05. The van der Waals surface area contributed by atoms with Gasteiger partial charge in [-0.15, -0.1) is 0 Å². The summed E-state index contributed by atoms with van der Waals surface area (Å²) >= 11 is 0. The topological polar surface area (TPSA) is 58.6 Å². The van der Waals surface area contributed by atoms with Gasteiger partial charge >= 0.3 is 5.97 Å². The van der Waals surface area contributed by atoms with Crippen LogP contribution in [-0.2, 0) is 4.79 Å². The number of ether oxygens (including phenoxy) is 1. The van der Waals surface area contributed by atoms with Crippen LogP contribution in [0.3, 0.4) is 0 Å². The van der Waals surface area contributed by atoms with Crippen LogP contribution >= 0.6 is 0 Å². The fraction of sp³-hybridized carbons (Fsp3) is 0.364. The molecule has 6 heteroatoms. The molecule has 17 heavy (non-hydrogen) atoms. The highest BCUT2D eigenvalue weighted by Crippen LogP contribution is 2.24. The molecule has 2 atom stereocenters. The molecular formula is C11H11F2NO3. The summed E-state index contributed by atoms with van der Waals surface area (Å²) in [4.78, 5) is 10.7. The summed E-state index contributed by atoms with van der Waals surface area (Å²) in [7, 11) is 0. The highest BCUT2D eigenvalue weighted by molar-refractivity contribution is 5.73. The summed E-state index contributed by atoms with van der Waals surface area (Å²) in [5, 5.41) is 11.4. The quantitative estimate of drug-likeness (QED) is 0.836. The lowest BCUT2D eigenvalue weighted by atomic mass is 10.2. The van der Waals surface area contributed by atoms with Gasteiger partial charge in [0.2, 0.25) is 0 Å². The van der Waals surface area contributed by atoms with E-state index >= 15 is 0 Å². The molecule has 1 aliphatic heterocycles. The van der Waals surface area contributed by atoms with Crippen LogP contribution in [0.1, 0.15) is 6.42 Å². The molecule has 1 saturated heterocycles. The second kappa shape index (κ2) is 4.67. The van der Waals surface area contributed by atoms with Crippen LogP contribution in [0.5, 0.6) is 5.75 Å². The molecule has 0 unspecified atom stereocenters. The Bertz CT molecular complexity index is 418. The molecule has 1 aromatic rings. The molecule has 0 saturated carbocycles. The lowest BCUT2D eigenvalue weighted by molar-refractivity contribution is -0.139. The standard InChI is InChI=1S/C11H11F2NO3/c12-7-2-1-3-8(13)10(7)17-6-4-9(11(15)16)14-5-6/h1-3,6,9,14H,4-5H2,(H,15,16)/t6-,9-/m0/s1. The Morgan fingerprint density at radius 2 is 2.06 bits per heavy atom. The van der Waals surface area contributed by atoms with Crippen LogP contribution in [0.2, 0.25) is 0 Å². The van der Waals surface area contributed by atoms with E-state index in [0.29, 0.717) is 0 Å². The molecule has 0 amide bonds. The molecule has 0 radical (unpaired) electrons. The maximum Gasteiger partial charge on any atom is 0.320 e. The van der Waals surface area contributed by atoms with E-state index < -0.39 is 35.5 Å². The van der Waals surface area contributed by atoms with Crippen molar-refractivity contribution in [3.05, 3.63) is 29.8 Å². The van der Waals surface area contributed by atoms with Crippen molar-refractivity contribution >= 4 is 5.97 Å². The van der Waals surface area contributed by atoms with Crippen molar-refractivity contribution in [3.8, 4) is 5.75 Å². The summed E-state index contributed by atoms with van der Waals surface area (Å²) in [6, 6.07) is 2.70. The second-order valence-electron chi connectivity index (χ2n) is 3.83. The van der Waals surface area contributed by atoms with Crippen molar-refractivity contribution in [1.82, 2.24) is 5.32 Å². The molecule has 0 aromatic heterocycles. The molecule has 0 bridgehead atoms. The van der Waals surface area contributed by atoms with E-state index in [1.165, 1.54) is 6.07 Å². The Hall–Kier alpha value is -1.69. The predicted octanol–water partition coefficient (Wildman–Crippen LogP) is 1.16. The molecule has 1 heterocycles. The van der Waals surface area contributed by atoms with Crippen molar-refractivity contribution in [2.45, 2.75) is 18.6 Å². The van der Waals surface area contributed by atoms with Crippen molar-refractivity contribution < 1.29 is 23.4 Å². The molecular weight excluding hydrogens is 232 g/mol. The Morgan fingerprint density at radius 3 is 2.59 bits per heavy atom. The Morgan fingerprint density at radius 1 is 1.41 bits per heavy atom. The fourth-order valence-electron chi connectivity index (χ4n) is 1.74. The monoisotopic (exact) mass is 243 g/mol. The zero-order valence-corrected chi connectivity index (χ0v) is 8.82. The van der Waals surface area contributed by atoms with Crippen LogP contribution < -0.4 is 10.1 Å². The van der Waals surface area contributed by atoms with Crippen molar-refractivity contribution in [1.29, 1.82) is 0 Å². The molecule has 1 aliphatic rings. The van der Waals surface area contributed by atoms with Gasteiger partial charge in [0.1, 0.15) is 12.1 Å². The first-order chi connectivity index (χ1) is 8.08.